The number of nitrogens with two attached hydrogens (primary N) is 1. The van der Waals surface area contributed by atoms with Gasteiger partial charge in [0.05, 0.1) is 0 Å². The minimum atomic E-state index is -0.223. The highest BCUT2D eigenvalue weighted by Gasteiger charge is 2.15. The number of aryl methyl sites for hydroxylation is 1. The van der Waals surface area contributed by atoms with Gasteiger partial charge in [0, 0.05) is 27.1 Å². The van der Waals surface area contributed by atoms with Gasteiger partial charge in [0.15, 0.2) is 5.13 Å². The number of carbonyl (C=O) groups is 1. The Morgan fingerprint density at radius 3 is 2.95 bits per heavy atom. The van der Waals surface area contributed by atoms with Crippen LogP contribution >= 0.6 is 11.3 Å². The van der Waals surface area contributed by atoms with Crippen LogP contribution in [0.5, 0.6) is 0 Å². The Morgan fingerprint density at radius 1 is 1.58 bits per heavy atom. The van der Waals surface area contributed by atoms with Crippen molar-refractivity contribution in [3.8, 4) is 0 Å². The molecule has 9 heteroatoms. The molecule has 0 saturated heterocycles. The van der Waals surface area contributed by atoms with Gasteiger partial charge in [-0.15, -0.1) is 10.2 Å². The largest absolute Gasteiger partial charge is 0.382 e. The van der Waals surface area contributed by atoms with E-state index < -0.39 is 0 Å². The van der Waals surface area contributed by atoms with Gasteiger partial charge >= 0.3 is 0 Å². The fourth-order valence-corrected chi connectivity index (χ4v) is 2.26. The lowest BCUT2D eigenvalue weighted by Crippen LogP contribution is -2.26. The Kier molecular flexibility index (Phi) is 3.95. The van der Waals surface area contributed by atoms with Crippen molar-refractivity contribution in [2.45, 2.75) is 6.42 Å². The molecular weight excluding hydrogens is 266 g/mol. The normalized spacial score (nSPS) is 10.4. The summed E-state index contributed by atoms with van der Waals surface area (Å²) in [6, 6.07) is 0. The van der Waals surface area contributed by atoms with E-state index in [2.05, 4.69) is 25.8 Å². The number of nitrogen functional groups attached to an aromatic ring is 1. The zero-order valence-electron chi connectivity index (χ0n) is 10.7. The molecule has 0 saturated carbocycles. The van der Waals surface area contributed by atoms with E-state index in [1.54, 1.807) is 13.4 Å². The fraction of sp³-hybridized carbons (Fsp3) is 0.400. The first-order valence-electron chi connectivity index (χ1n) is 5.67. The topological polar surface area (TPSA) is 111 Å². The third-order valence-corrected chi connectivity index (χ3v) is 3.60. The van der Waals surface area contributed by atoms with Crippen molar-refractivity contribution in [2.24, 2.45) is 7.05 Å². The maximum atomic E-state index is 11.9. The van der Waals surface area contributed by atoms with Crippen LogP contribution in [0.3, 0.4) is 0 Å². The van der Waals surface area contributed by atoms with Crippen LogP contribution in [0.2, 0.25) is 0 Å². The van der Waals surface area contributed by atoms with Crippen molar-refractivity contribution < 1.29 is 4.79 Å². The van der Waals surface area contributed by atoms with Crippen molar-refractivity contribution in [3.05, 3.63) is 17.0 Å². The standard InChI is InChI=1S/C10H15N7OS/c1-12-10-15-8(11)7(19-10)9(18)13-4-3-6-16-14-5-17(6)2/h5H,3-4,11H2,1-2H3,(H,12,15)(H,13,18). The fourth-order valence-electron chi connectivity index (χ4n) is 1.50. The van der Waals surface area contributed by atoms with Gasteiger partial charge in [-0.2, -0.15) is 0 Å². The lowest BCUT2D eigenvalue weighted by Gasteiger charge is -2.03. The maximum Gasteiger partial charge on any atom is 0.265 e. The number of thiazole rings is 1. The number of carbonyl (C=O) groups excluding carboxylic acids is 1. The van der Waals surface area contributed by atoms with Gasteiger partial charge in [0.25, 0.3) is 5.91 Å². The average Bonchev–Trinajstić information content (AvgIpc) is 2.96. The van der Waals surface area contributed by atoms with E-state index in [0.29, 0.717) is 23.0 Å². The van der Waals surface area contributed by atoms with Crippen molar-refractivity contribution in [1.29, 1.82) is 0 Å². The predicted octanol–water partition coefficient (Wildman–Crippen LogP) is -0.132. The van der Waals surface area contributed by atoms with Crippen LogP contribution in [-0.4, -0.2) is 39.2 Å². The third-order valence-electron chi connectivity index (χ3n) is 2.51. The molecule has 2 aromatic heterocycles. The molecule has 4 N–H and O–H groups in total. The summed E-state index contributed by atoms with van der Waals surface area (Å²) in [4.78, 5) is 16.4. The molecule has 102 valence electrons. The molecule has 0 atom stereocenters. The summed E-state index contributed by atoms with van der Waals surface area (Å²) in [5, 5.41) is 14.0. The van der Waals surface area contributed by atoms with Crippen LogP contribution in [0, 0.1) is 0 Å². The Labute approximate surface area is 114 Å². The summed E-state index contributed by atoms with van der Waals surface area (Å²) in [5.41, 5.74) is 5.68. The highest BCUT2D eigenvalue weighted by atomic mass is 32.1. The van der Waals surface area contributed by atoms with Gasteiger partial charge in [-0.25, -0.2) is 4.98 Å². The van der Waals surface area contributed by atoms with E-state index in [9.17, 15) is 4.79 Å². The molecule has 0 bridgehead atoms. The van der Waals surface area contributed by atoms with Crippen LogP contribution in [0.4, 0.5) is 10.9 Å². The molecule has 2 rings (SSSR count). The van der Waals surface area contributed by atoms with Crippen molar-refractivity contribution >= 4 is 28.2 Å². The smallest absolute Gasteiger partial charge is 0.265 e. The molecule has 2 aromatic rings. The summed E-state index contributed by atoms with van der Waals surface area (Å²) in [6.45, 7) is 0.470. The SMILES string of the molecule is CNc1nc(N)c(C(=O)NCCc2nncn2C)s1. The van der Waals surface area contributed by atoms with E-state index in [1.807, 2.05) is 11.6 Å². The molecule has 0 radical (unpaired) electrons. The number of anilines is 2. The highest BCUT2D eigenvalue weighted by Crippen LogP contribution is 2.23. The van der Waals surface area contributed by atoms with E-state index in [1.165, 1.54) is 11.3 Å². The molecule has 0 spiro atoms. The second-order valence-electron chi connectivity index (χ2n) is 3.85. The third kappa shape index (κ3) is 2.99. The first-order chi connectivity index (χ1) is 9.11. The van der Waals surface area contributed by atoms with Crippen LogP contribution in [0.15, 0.2) is 6.33 Å². The van der Waals surface area contributed by atoms with Crippen molar-refractivity contribution in [3.63, 3.8) is 0 Å². The number of rotatable bonds is 5. The van der Waals surface area contributed by atoms with Crippen LogP contribution in [0.1, 0.15) is 15.5 Å². The molecule has 1 amide bonds. The number of amides is 1. The molecule has 8 nitrogen and oxygen atoms in total. The number of aromatic nitrogens is 4. The summed E-state index contributed by atoms with van der Waals surface area (Å²) < 4.78 is 1.81. The number of nitrogens with one attached hydrogen (secondary N) is 2. The second kappa shape index (κ2) is 5.65. The minimum absolute atomic E-state index is 0.223. The molecule has 2 heterocycles. The molecule has 0 aliphatic heterocycles. The summed E-state index contributed by atoms with van der Waals surface area (Å²) in [7, 11) is 3.59. The van der Waals surface area contributed by atoms with Crippen molar-refractivity contribution in [1.82, 2.24) is 25.1 Å². The van der Waals surface area contributed by atoms with Gasteiger partial charge in [-0.05, 0) is 0 Å². The highest BCUT2D eigenvalue weighted by molar-refractivity contribution is 7.18. The second-order valence-corrected chi connectivity index (χ2v) is 4.85. The van der Waals surface area contributed by atoms with Crippen LogP contribution < -0.4 is 16.4 Å². The Balaban J connectivity index is 1.90. The lowest BCUT2D eigenvalue weighted by atomic mass is 10.4. The Bertz CT molecular complexity index is 576. The van der Waals surface area contributed by atoms with Crippen molar-refractivity contribution in [2.75, 3.05) is 24.6 Å². The Hall–Kier alpha value is -2.16. The van der Waals surface area contributed by atoms with Gasteiger partial charge in [-0.3, -0.25) is 4.79 Å². The van der Waals surface area contributed by atoms with Gasteiger partial charge in [-0.1, -0.05) is 11.3 Å². The van der Waals surface area contributed by atoms with Crippen LogP contribution in [0.25, 0.3) is 0 Å². The summed E-state index contributed by atoms with van der Waals surface area (Å²) in [5.74, 6) is 0.831. The maximum absolute atomic E-state index is 11.9. The predicted molar refractivity (Wildman–Crippen MR) is 73.1 cm³/mol. The lowest BCUT2D eigenvalue weighted by molar-refractivity contribution is 0.0958. The average molecular weight is 281 g/mol. The van der Waals surface area contributed by atoms with Crippen LogP contribution in [-0.2, 0) is 13.5 Å². The van der Waals surface area contributed by atoms with E-state index in [0.717, 1.165) is 5.82 Å². The summed E-state index contributed by atoms with van der Waals surface area (Å²) in [6.07, 6.45) is 2.23. The molecule has 0 fully saturated rings. The van der Waals surface area contributed by atoms with Gasteiger partial charge in [0.2, 0.25) is 0 Å². The zero-order chi connectivity index (χ0) is 13.8. The monoisotopic (exact) mass is 281 g/mol. The molecule has 0 aliphatic rings. The van der Waals surface area contributed by atoms with E-state index in [4.69, 9.17) is 5.73 Å². The molecule has 0 unspecified atom stereocenters. The molecule has 0 aromatic carbocycles. The number of nitrogens with zero attached hydrogens (tertiary/aromatic N) is 4. The number of hydrogen-bond donors (Lipinski definition) is 3. The quantitative estimate of drug-likeness (QED) is 0.704. The summed E-state index contributed by atoms with van der Waals surface area (Å²) >= 11 is 1.23. The Morgan fingerprint density at radius 2 is 2.37 bits per heavy atom. The van der Waals surface area contributed by atoms with E-state index in [-0.39, 0.29) is 11.7 Å². The van der Waals surface area contributed by atoms with Gasteiger partial charge in [0.1, 0.15) is 22.8 Å². The molecule has 0 aliphatic carbocycles. The minimum Gasteiger partial charge on any atom is -0.382 e. The zero-order valence-corrected chi connectivity index (χ0v) is 11.5. The number of hydrogen-bond acceptors (Lipinski definition) is 7. The van der Waals surface area contributed by atoms with Gasteiger partial charge < -0.3 is 20.9 Å². The van der Waals surface area contributed by atoms with E-state index >= 15 is 0 Å². The molecular formula is C10H15N7OS. The first kappa shape index (κ1) is 13.3. The molecule has 19 heavy (non-hydrogen) atoms. The first-order valence-corrected chi connectivity index (χ1v) is 6.48.